The number of hydrogen-bond acceptors (Lipinski definition) is 2. The third-order valence-corrected chi connectivity index (χ3v) is 2.72. The molecule has 2 N–H and O–H groups in total. The van der Waals surface area contributed by atoms with Gasteiger partial charge in [0.15, 0.2) is 4.33 Å². The monoisotopic (exact) mass is 217 g/mol. The Morgan fingerprint density at radius 3 is 2.31 bits per heavy atom. The molecule has 2 rings (SSSR count). The second-order valence-electron chi connectivity index (χ2n) is 3.14. The van der Waals surface area contributed by atoms with Crippen molar-refractivity contribution in [2.75, 3.05) is 5.73 Å². The fourth-order valence-corrected chi connectivity index (χ4v) is 1.40. The van der Waals surface area contributed by atoms with Crippen LogP contribution in [0.1, 0.15) is 6.42 Å². The number of rotatable bonds is 2. The first-order valence-electron chi connectivity index (χ1n) is 3.98. The minimum atomic E-state index is -0.693. The van der Waals surface area contributed by atoms with Gasteiger partial charge in [-0.15, -0.1) is 0 Å². The lowest BCUT2D eigenvalue weighted by atomic mass is 10.3. The molecular weight excluding hydrogens is 209 g/mol. The van der Waals surface area contributed by atoms with Gasteiger partial charge in [0.25, 0.3) is 0 Å². The number of hydrogen-bond donors (Lipinski definition) is 1. The van der Waals surface area contributed by atoms with Crippen LogP contribution in [0.4, 0.5) is 5.69 Å². The second-order valence-corrected chi connectivity index (χ2v) is 4.68. The molecule has 0 aromatic heterocycles. The highest BCUT2D eigenvalue weighted by Gasteiger charge is 2.54. The summed E-state index contributed by atoms with van der Waals surface area (Å²) in [7, 11) is 0. The van der Waals surface area contributed by atoms with Crippen LogP contribution < -0.4 is 10.5 Å². The Balaban J connectivity index is 2.00. The van der Waals surface area contributed by atoms with Crippen molar-refractivity contribution in [3.8, 4) is 5.75 Å². The molecule has 4 heteroatoms. The fourth-order valence-electron chi connectivity index (χ4n) is 1.03. The lowest BCUT2D eigenvalue weighted by Gasteiger charge is -2.05. The van der Waals surface area contributed by atoms with E-state index in [-0.39, 0.29) is 6.10 Å². The Labute approximate surface area is 86.6 Å². The summed E-state index contributed by atoms with van der Waals surface area (Å²) in [6.45, 7) is 0. The zero-order valence-electron chi connectivity index (χ0n) is 6.84. The molecule has 0 radical (unpaired) electrons. The van der Waals surface area contributed by atoms with Gasteiger partial charge < -0.3 is 10.5 Å². The normalized spacial score (nSPS) is 24.0. The van der Waals surface area contributed by atoms with E-state index in [1.54, 1.807) is 24.3 Å². The number of nitrogens with two attached hydrogens (primary N) is 1. The summed E-state index contributed by atoms with van der Waals surface area (Å²) in [5.74, 6) is 0.752. The first-order valence-corrected chi connectivity index (χ1v) is 4.73. The summed E-state index contributed by atoms with van der Waals surface area (Å²) in [6.07, 6.45) is 0.597. The molecule has 0 spiro atoms. The van der Waals surface area contributed by atoms with Gasteiger partial charge in [-0.25, -0.2) is 0 Å². The number of benzene rings is 1. The fraction of sp³-hybridized carbons (Fsp3) is 0.333. The van der Waals surface area contributed by atoms with Crippen molar-refractivity contribution in [1.29, 1.82) is 0 Å². The van der Waals surface area contributed by atoms with Crippen molar-refractivity contribution >= 4 is 28.9 Å². The van der Waals surface area contributed by atoms with Crippen molar-refractivity contribution in [3.05, 3.63) is 24.3 Å². The molecule has 13 heavy (non-hydrogen) atoms. The summed E-state index contributed by atoms with van der Waals surface area (Å²) in [4.78, 5) is 0. The summed E-state index contributed by atoms with van der Waals surface area (Å²) in [5.41, 5.74) is 6.23. The predicted molar refractivity (Wildman–Crippen MR) is 54.3 cm³/mol. The van der Waals surface area contributed by atoms with Crippen LogP contribution in [0.2, 0.25) is 0 Å². The van der Waals surface area contributed by atoms with Crippen LogP contribution in [-0.2, 0) is 0 Å². The molecule has 1 unspecified atom stereocenters. The molecule has 1 aliphatic carbocycles. The molecular formula is C9H9Cl2NO. The van der Waals surface area contributed by atoms with E-state index in [4.69, 9.17) is 33.7 Å². The third-order valence-electron chi connectivity index (χ3n) is 1.93. The van der Waals surface area contributed by atoms with E-state index in [1.165, 1.54) is 0 Å². The number of ether oxygens (including phenoxy) is 1. The molecule has 0 aliphatic heterocycles. The lowest BCUT2D eigenvalue weighted by molar-refractivity contribution is 0.300. The standard InChI is InChI=1S/C9H9Cl2NO/c10-9(11)5-8(9)13-7-3-1-6(12)2-4-7/h1-4,8H,5,12H2. The zero-order valence-corrected chi connectivity index (χ0v) is 8.35. The molecule has 1 atom stereocenters. The molecule has 0 saturated heterocycles. The molecule has 70 valence electrons. The Bertz CT molecular complexity index is 310. The maximum Gasteiger partial charge on any atom is 0.158 e. The van der Waals surface area contributed by atoms with Crippen LogP contribution in [0.15, 0.2) is 24.3 Å². The van der Waals surface area contributed by atoms with Crippen molar-refractivity contribution in [1.82, 2.24) is 0 Å². The van der Waals surface area contributed by atoms with Gasteiger partial charge in [-0.05, 0) is 24.3 Å². The van der Waals surface area contributed by atoms with Crippen molar-refractivity contribution in [2.45, 2.75) is 16.9 Å². The summed E-state index contributed by atoms with van der Waals surface area (Å²) in [5, 5.41) is 0. The topological polar surface area (TPSA) is 35.2 Å². The van der Waals surface area contributed by atoms with Crippen LogP contribution >= 0.6 is 23.2 Å². The average molecular weight is 218 g/mol. The van der Waals surface area contributed by atoms with Gasteiger partial charge >= 0.3 is 0 Å². The second kappa shape index (κ2) is 2.96. The average Bonchev–Trinajstić information content (AvgIpc) is 2.64. The summed E-state index contributed by atoms with van der Waals surface area (Å²) < 4.78 is 4.78. The van der Waals surface area contributed by atoms with E-state index >= 15 is 0 Å². The van der Waals surface area contributed by atoms with Gasteiger partial charge in [-0.1, -0.05) is 23.2 Å². The van der Waals surface area contributed by atoms with E-state index in [0.717, 1.165) is 5.75 Å². The molecule has 1 aromatic rings. The SMILES string of the molecule is Nc1ccc(OC2CC2(Cl)Cl)cc1. The van der Waals surface area contributed by atoms with E-state index in [0.29, 0.717) is 12.1 Å². The van der Waals surface area contributed by atoms with Gasteiger partial charge in [-0.3, -0.25) is 0 Å². The molecule has 1 aromatic carbocycles. The van der Waals surface area contributed by atoms with Crippen LogP contribution in [0.3, 0.4) is 0 Å². The minimum absolute atomic E-state index is 0.0838. The molecule has 1 aliphatic rings. The molecule has 0 heterocycles. The first kappa shape index (κ1) is 8.97. The Hall–Kier alpha value is -0.600. The van der Waals surface area contributed by atoms with Crippen molar-refractivity contribution in [2.24, 2.45) is 0 Å². The number of nitrogen functional groups attached to an aromatic ring is 1. The summed E-state index contributed by atoms with van der Waals surface area (Å²) in [6, 6.07) is 7.17. The van der Waals surface area contributed by atoms with Crippen molar-refractivity contribution in [3.63, 3.8) is 0 Å². The quantitative estimate of drug-likeness (QED) is 0.611. The van der Waals surface area contributed by atoms with Crippen LogP contribution in [0.5, 0.6) is 5.75 Å². The Morgan fingerprint density at radius 2 is 1.85 bits per heavy atom. The van der Waals surface area contributed by atoms with Gasteiger partial charge in [0, 0.05) is 12.1 Å². The highest BCUT2D eigenvalue weighted by atomic mass is 35.5. The number of halogens is 2. The van der Waals surface area contributed by atoms with Crippen LogP contribution in [-0.4, -0.2) is 10.4 Å². The van der Waals surface area contributed by atoms with Gasteiger partial charge in [0.1, 0.15) is 11.9 Å². The molecule has 2 nitrogen and oxygen atoms in total. The highest BCUT2D eigenvalue weighted by Crippen LogP contribution is 2.49. The van der Waals surface area contributed by atoms with E-state index in [9.17, 15) is 0 Å². The Kier molecular flexibility index (Phi) is 2.05. The van der Waals surface area contributed by atoms with Gasteiger partial charge in [0.2, 0.25) is 0 Å². The predicted octanol–water partition coefficient (Wildman–Crippen LogP) is 2.59. The number of alkyl halides is 2. The van der Waals surface area contributed by atoms with Crippen LogP contribution in [0.25, 0.3) is 0 Å². The van der Waals surface area contributed by atoms with E-state index < -0.39 is 4.33 Å². The molecule has 0 amide bonds. The summed E-state index contributed by atoms with van der Waals surface area (Å²) >= 11 is 11.6. The zero-order chi connectivity index (χ0) is 9.47. The first-order chi connectivity index (χ1) is 6.08. The van der Waals surface area contributed by atoms with E-state index in [2.05, 4.69) is 0 Å². The maximum absolute atomic E-state index is 5.80. The third kappa shape index (κ3) is 2.01. The molecule has 0 bridgehead atoms. The lowest BCUT2D eigenvalue weighted by Crippen LogP contribution is -2.04. The van der Waals surface area contributed by atoms with Crippen molar-refractivity contribution < 1.29 is 4.74 Å². The molecule has 1 saturated carbocycles. The van der Waals surface area contributed by atoms with Crippen LogP contribution in [0, 0.1) is 0 Å². The maximum atomic E-state index is 5.80. The largest absolute Gasteiger partial charge is 0.487 e. The minimum Gasteiger partial charge on any atom is -0.487 e. The van der Waals surface area contributed by atoms with E-state index in [1.807, 2.05) is 0 Å². The Morgan fingerprint density at radius 1 is 1.31 bits per heavy atom. The smallest absolute Gasteiger partial charge is 0.158 e. The van der Waals surface area contributed by atoms with Gasteiger partial charge in [-0.2, -0.15) is 0 Å². The highest BCUT2D eigenvalue weighted by molar-refractivity contribution is 6.51. The number of anilines is 1. The van der Waals surface area contributed by atoms with Gasteiger partial charge in [0.05, 0.1) is 0 Å². The molecule has 1 fully saturated rings.